The molecule has 0 bridgehead atoms. The van der Waals surface area contributed by atoms with E-state index in [-0.39, 0.29) is 0 Å². The highest BCUT2D eigenvalue weighted by Gasteiger charge is 2.21. The fourth-order valence-corrected chi connectivity index (χ4v) is 3.00. The Morgan fingerprint density at radius 2 is 1.29 bits per heavy atom. The summed E-state index contributed by atoms with van der Waals surface area (Å²) in [5.74, 6) is 1.63. The van der Waals surface area contributed by atoms with Crippen molar-refractivity contribution in [2.45, 2.75) is 13.3 Å². The van der Waals surface area contributed by atoms with Crippen molar-refractivity contribution in [3.05, 3.63) is 72.3 Å². The number of rotatable bonds is 5. The van der Waals surface area contributed by atoms with Gasteiger partial charge in [0.15, 0.2) is 0 Å². The van der Waals surface area contributed by atoms with Crippen LogP contribution in [0.15, 0.2) is 60.7 Å². The Hall–Kier alpha value is -2.74. The maximum absolute atomic E-state index is 5.82. The van der Waals surface area contributed by atoms with Crippen LogP contribution in [0.4, 0.5) is 0 Å². The minimum Gasteiger partial charge on any atom is -0.496 e. The predicted molar refractivity (Wildman–Crippen MR) is 98.6 cm³/mol. The van der Waals surface area contributed by atoms with E-state index in [1.807, 2.05) is 36.4 Å². The molecular weight excluding hydrogens is 296 g/mol. The molecule has 1 radical (unpaired) electrons. The highest BCUT2D eigenvalue weighted by molar-refractivity contribution is 5.87. The highest BCUT2D eigenvalue weighted by Crippen LogP contribution is 2.46. The van der Waals surface area contributed by atoms with Crippen molar-refractivity contribution in [3.8, 4) is 33.8 Å². The Morgan fingerprint density at radius 1 is 0.750 bits per heavy atom. The SMILES string of the molecule is CCc1[c]c(-c2ccccc2)c(OC)c(-c2ccccc2)c1OC. The third kappa shape index (κ3) is 2.88. The van der Waals surface area contributed by atoms with Crippen LogP contribution < -0.4 is 9.47 Å². The van der Waals surface area contributed by atoms with Crippen LogP contribution in [0.1, 0.15) is 12.5 Å². The molecule has 0 saturated heterocycles. The second-order valence-corrected chi connectivity index (χ2v) is 5.51. The Kier molecular flexibility index (Phi) is 4.85. The van der Waals surface area contributed by atoms with Gasteiger partial charge in [0.1, 0.15) is 11.5 Å². The topological polar surface area (TPSA) is 18.5 Å². The number of aryl methyl sites for hydroxylation is 1. The first-order chi connectivity index (χ1) is 11.8. The molecule has 3 aromatic carbocycles. The van der Waals surface area contributed by atoms with Crippen LogP contribution in [-0.2, 0) is 6.42 Å². The van der Waals surface area contributed by atoms with Gasteiger partial charge in [0, 0.05) is 17.2 Å². The molecule has 0 spiro atoms. The third-order valence-electron chi connectivity index (χ3n) is 4.12. The number of methoxy groups -OCH3 is 2. The van der Waals surface area contributed by atoms with E-state index in [1.54, 1.807) is 14.2 Å². The molecule has 121 valence electrons. The zero-order chi connectivity index (χ0) is 16.9. The molecular formula is C22H21O2. The molecule has 3 rings (SSSR count). The van der Waals surface area contributed by atoms with E-state index in [0.717, 1.165) is 45.7 Å². The lowest BCUT2D eigenvalue weighted by Gasteiger charge is -2.20. The van der Waals surface area contributed by atoms with Crippen molar-refractivity contribution in [2.24, 2.45) is 0 Å². The van der Waals surface area contributed by atoms with E-state index in [4.69, 9.17) is 9.47 Å². The predicted octanol–water partition coefficient (Wildman–Crippen LogP) is 5.40. The van der Waals surface area contributed by atoms with Crippen molar-refractivity contribution >= 4 is 0 Å². The van der Waals surface area contributed by atoms with Crippen LogP contribution in [0.25, 0.3) is 22.3 Å². The van der Waals surface area contributed by atoms with Crippen molar-refractivity contribution < 1.29 is 9.47 Å². The Labute approximate surface area is 143 Å². The molecule has 0 aliphatic rings. The second kappa shape index (κ2) is 7.22. The van der Waals surface area contributed by atoms with Crippen LogP contribution >= 0.6 is 0 Å². The number of hydrogen-bond acceptors (Lipinski definition) is 2. The molecule has 24 heavy (non-hydrogen) atoms. The third-order valence-corrected chi connectivity index (χ3v) is 4.12. The van der Waals surface area contributed by atoms with E-state index < -0.39 is 0 Å². The number of ether oxygens (including phenoxy) is 2. The standard InChI is InChI=1S/C22H21O2/c1-4-16-15-19(17-11-7-5-8-12-17)22(24-3)20(21(16)23-2)18-13-9-6-10-14-18/h5-14H,4H2,1-3H3. The molecule has 0 atom stereocenters. The summed E-state index contributed by atoms with van der Waals surface area (Å²) in [6, 6.07) is 24.0. The van der Waals surface area contributed by atoms with Gasteiger partial charge in [0.2, 0.25) is 0 Å². The van der Waals surface area contributed by atoms with Gasteiger partial charge in [0.05, 0.1) is 19.8 Å². The quantitative estimate of drug-likeness (QED) is 0.627. The first-order valence-electron chi connectivity index (χ1n) is 8.11. The number of hydrogen-bond donors (Lipinski definition) is 0. The summed E-state index contributed by atoms with van der Waals surface area (Å²) in [5.41, 5.74) is 5.16. The molecule has 2 heteroatoms. The van der Waals surface area contributed by atoms with Crippen molar-refractivity contribution in [3.63, 3.8) is 0 Å². The summed E-state index contributed by atoms with van der Waals surface area (Å²) in [5, 5.41) is 0. The van der Waals surface area contributed by atoms with Crippen LogP contribution in [0.2, 0.25) is 0 Å². The van der Waals surface area contributed by atoms with E-state index in [2.05, 4.69) is 37.3 Å². The average Bonchev–Trinajstić information content (AvgIpc) is 2.67. The summed E-state index contributed by atoms with van der Waals surface area (Å²) in [6.07, 6.45) is 0.840. The zero-order valence-corrected chi connectivity index (χ0v) is 14.3. The Bertz CT molecular complexity index is 808. The largest absolute Gasteiger partial charge is 0.496 e. The Morgan fingerprint density at radius 3 is 1.79 bits per heavy atom. The summed E-state index contributed by atoms with van der Waals surface area (Å²) in [7, 11) is 3.41. The fraction of sp³-hybridized carbons (Fsp3) is 0.182. The van der Waals surface area contributed by atoms with E-state index in [9.17, 15) is 0 Å². The van der Waals surface area contributed by atoms with Gasteiger partial charge in [-0.3, -0.25) is 0 Å². The van der Waals surface area contributed by atoms with E-state index >= 15 is 0 Å². The van der Waals surface area contributed by atoms with Crippen LogP contribution in [-0.4, -0.2) is 14.2 Å². The van der Waals surface area contributed by atoms with Gasteiger partial charge in [-0.2, -0.15) is 0 Å². The molecule has 0 fully saturated rings. The fourth-order valence-electron chi connectivity index (χ4n) is 3.00. The minimum atomic E-state index is 0.793. The summed E-state index contributed by atoms with van der Waals surface area (Å²) < 4.78 is 11.6. The maximum Gasteiger partial charge on any atom is 0.138 e. The van der Waals surface area contributed by atoms with Crippen molar-refractivity contribution in [1.29, 1.82) is 0 Å². The lowest BCUT2D eigenvalue weighted by atomic mass is 9.92. The second-order valence-electron chi connectivity index (χ2n) is 5.51. The summed E-state index contributed by atoms with van der Waals surface area (Å²) >= 11 is 0. The lowest BCUT2D eigenvalue weighted by Crippen LogP contribution is -2.00. The molecule has 0 unspecified atom stereocenters. The molecule has 0 N–H and O–H groups in total. The first-order valence-corrected chi connectivity index (χ1v) is 8.11. The smallest absolute Gasteiger partial charge is 0.138 e. The molecule has 0 aliphatic heterocycles. The summed E-state index contributed by atoms with van der Waals surface area (Å²) in [6.45, 7) is 2.12. The molecule has 0 amide bonds. The van der Waals surface area contributed by atoms with Gasteiger partial charge in [-0.05, 0) is 17.5 Å². The molecule has 0 saturated carbocycles. The lowest BCUT2D eigenvalue weighted by molar-refractivity contribution is 0.395. The monoisotopic (exact) mass is 317 g/mol. The first kappa shape index (κ1) is 16.1. The molecule has 0 aliphatic carbocycles. The van der Waals surface area contributed by atoms with Gasteiger partial charge < -0.3 is 9.47 Å². The van der Waals surface area contributed by atoms with Crippen molar-refractivity contribution in [2.75, 3.05) is 14.2 Å². The van der Waals surface area contributed by atoms with Gasteiger partial charge in [-0.15, -0.1) is 0 Å². The highest BCUT2D eigenvalue weighted by atomic mass is 16.5. The van der Waals surface area contributed by atoms with Crippen molar-refractivity contribution in [1.82, 2.24) is 0 Å². The maximum atomic E-state index is 5.82. The van der Waals surface area contributed by atoms with Gasteiger partial charge in [-0.1, -0.05) is 67.6 Å². The molecule has 3 aromatic rings. The summed E-state index contributed by atoms with van der Waals surface area (Å²) in [4.78, 5) is 0. The normalized spacial score (nSPS) is 10.5. The van der Waals surface area contributed by atoms with Gasteiger partial charge in [0.25, 0.3) is 0 Å². The van der Waals surface area contributed by atoms with Crippen LogP contribution in [0.5, 0.6) is 11.5 Å². The van der Waals surface area contributed by atoms with E-state index in [1.165, 1.54) is 0 Å². The van der Waals surface area contributed by atoms with Crippen LogP contribution in [0, 0.1) is 6.07 Å². The molecule has 2 nitrogen and oxygen atoms in total. The average molecular weight is 317 g/mol. The minimum absolute atomic E-state index is 0.793. The molecule has 0 aromatic heterocycles. The Balaban J connectivity index is 2.37. The number of benzene rings is 3. The zero-order valence-electron chi connectivity index (χ0n) is 14.3. The van der Waals surface area contributed by atoms with Gasteiger partial charge in [-0.25, -0.2) is 0 Å². The van der Waals surface area contributed by atoms with Crippen LogP contribution in [0.3, 0.4) is 0 Å². The molecule has 0 heterocycles. The van der Waals surface area contributed by atoms with Gasteiger partial charge >= 0.3 is 0 Å². The van der Waals surface area contributed by atoms with E-state index in [0.29, 0.717) is 0 Å².